The zero-order valence-electron chi connectivity index (χ0n) is 21.5. The first-order valence-electron chi connectivity index (χ1n) is 12.5. The Kier molecular flexibility index (Phi) is 6.73. The van der Waals surface area contributed by atoms with Gasteiger partial charge in [0, 0.05) is 30.3 Å². The Balaban J connectivity index is 1.32. The summed E-state index contributed by atoms with van der Waals surface area (Å²) in [6, 6.07) is 13.1. The molecule has 196 valence electrons. The van der Waals surface area contributed by atoms with Gasteiger partial charge in [-0.25, -0.2) is 12.8 Å². The van der Waals surface area contributed by atoms with E-state index in [1.807, 2.05) is 26.0 Å². The molecule has 1 aliphatic rings. The molecule has 0 aliphatic heterocycles. The molecule has 2 aromatic carbocycles. The number of sulfone groups is 1. The maximum Gasteiger partial charge on any atom is 0.257 e. The molecule has 5 rings (SSSR count). The predicted octanol–water partition coefficient (Wildman–Crippen LogP) is 5.12. The number of hydrogen-bond acceptors (Lipinski definition) is 7. The summed E-state index contributed by atoms with van der Waals surface area (Å²) >= 11 is 0. The molecule has 7 nitrogen and oxygen atoms in total. The summed E-state index contributed by atoms with van der Waals surface area (Å²) in [5.74, 6) is 0.654. The van der Waals surface area contributed by atoms with E-state index >= 15 is 0 Å². The van der Waals surface area contributed by atoms with Crippen molar-refractivity contribution in [1.82, 2.24) is 15.1 Å². The molecule has 0 unspecified atom stereocenters. The largest absolute Gasteiger partial charge is 0.334 e. The number of rotatable bonds is 9. The van der Waals surface area contributed by atoms with E-state index in [2.05, 4.69) is 15.1 Å². The van der Waals surface area contributed by atoms with Crippen LogP contribution in [0.25, 0.3) is 11.5 Å². The quantitative estimate of drug-likeness (QED) is 0.294. The molecular formula is C29H28FN3O4S. The van der Waals surface area contributed by atoms with Gasteiger partial charge in [-0.2, -0.15) is 4.98 Å². The van der Waals surface area contributed by atoms with Gasteiger partial charge >= 0.3 is 0 Å². The molecule has 0 atom stereocenters. The number of pyridine rings is 1. The van der Waals surface area contributed by atoms with E-state index in [4.69, 9.17) is 4.52 Å². The normalized spacial score (nSPS) is 14.4. The van der Waals surface area contributed by atoms with Gasteiger partial charge < -0.3 is 4.52 Å². The first-order chi connectivity index (χ1) is 18.1. The van der Waals surface area contributed by atoms with Crippen LogP contribution in [-0.2, 0) is 32.9 Å². The lowest BCUT2D eigenvalue weighted by Crippen LogP contribution is -2.16. The second-order valence-corrected chi connectivity index (χ2v) is 12.2. The Labute approximate surface area is 221 Å². The standard InChI is InChI=1S/C29H28FN3O4S/c1-4-38(35,36)25-10-9-23(31-17-25)16-24(34)15-20-13-18(2)26(19(3)14-20)29(11-12-29)28-32-27(37-33-28)21-5-7-22(30)8-6-21/h5-10,13-14,17H,4,11-12,15-16H2,1-3H3. The molecule has 1 aliphatic carbocycles. The van der Waals surface area contributed by atoms with Crippen LogP contribution in [0, 0.1) is 19.7 Å². The Hall–Kier alpha value is -3.72. The molecule has 0 amide bonds. The van der Waals surface area contributed by atoms with Crippen molar-refractivity contribution in [1.29, 1.82) is 0 Å². The van der Waals surface area contributed by atoms with E-state index in [0.717, 1.165) is 35.1 Å². The van der Waals surface area contributed by atoms with Crippen molar-refractivity contribution in [3.63, 3.8) is 0 Å². The third-order valence-electron chi connectivity index (χ3n) is 7.08. The molecular weight excluding hydrogens is 505 g/mol. The number of aromatic nitrogens is 3. The number of aryl methyl sites for hydroxylation is 2. The monoisotopic (exact) mass is 533 g/mol. The number of halogens is 1. The number of benzene rings is 2. The predicted molar refractivity (Wildman–Crippen MR) is 140 cm³/mol. The highest BCUT2D eigenvalue weighted by Gasteiger charge is 2.51. The van der Waals surface area contributed by atoms with Gasteiger partial charge in [-0.15, -0.1) is 0 Å². The fourth-order valence-electron chi connectivity index (χ4n) is 5.11. The zero-order valence-corrected chi connectivity index (χ0v) is 22.3. The van der Waals surface area contributed by atoms with Gasteiger partial charge in [0.05, 0.1) is 16.1 Å². The van der Waals surface area contributed by atoms with Crippen LogP contribution in [-0.4, -0.2) is 35.1 Å². The van der Waals surface area contributed by atoms with Crippen LogP contribution in [0.5, 0.6) is 0 Å². The minimum atomic E-state index is -3.32. The van der Waals surface area contributed by atoms with Crippen LogP contribution in [0.4, 0.5) is 4.39 Å². The summed E-state index contributed by atoms with van der Waals surface area (Å²) in [4.78, 5) is 21.8. The molecule has 4 aromatic rings. The highest BCUT2D eigenvalue weighted by atomic mass is 32.2. The van der Waals surface area contributed by atoms with Crippen molar-refractivity contribution in [2.75, 3.05) is 5.75 Å². The maximum absolute atomic E-state index is 13.3. The van der Waals surface area contributed by atoms with Crippen LogP contribution < -0.4 is 0 Å². The summed E-state index contributed by atoms with van der Waals surface area (Å²) in [5, 5.41) is 4.27. The zero-order chi connectivity index (χ0) is 27.1. The highest BCUT2D eigenvalue weighted by Crippen LogP contribution is 2.54. The van der Waals surface area contributed by atoms with E-state index in [-0.39, 0.29) is 40.5 Å². The van der Waals surface area contributed by atoms with Crippen LogP contribution in [0.2, 0.25) is 0 Å². The molecule has 2 aromatic heterocycles. The molecule has 1 saturated carbocycles. The smallest absolute Gasteiger partial charge is 0.257 e. The summed E-state index contributed by atoms with van der Waals surface area (Å²) in [7, 11) is -3.32. The third kappa shape index (κ3) is 5.03. The van der Waals surface area contributed by atoms with Crippen LogP contribution >= 0.6 is 0 Å². The molecule has 0 N–H and O–H groups in total. The van der Waals surface area contributed by atoms with Crippen LogP contribution in [0.15, 0.2) is 64.1 Å². The fraction of sp³-hybridized carbons (Fsp3) is 0.310. The van der Waals surface area contributed by atoms with Crippen molar-refractivity contribution < 1.29 is 22.1 Å². The number of carbonyl (C=O) groups excluding carboxylic acids is 1. The highest BCUT2D eigenvalue weighted by molar-refractivity contribution is 7.91. The minimum absolute atomic E-state index is 0.00149. The first kappa shape index (κ1) is 25.9. The molecule has 2 heterocycles. The van der Waals surface area contributed by atoms with Crippen LogP contribution in [0.1, 0.15) is 53.5 Å². The van der Waals surface area contributed by atoms with Crippen molar-refractivity contribution >= 4 is 15.6 Å². The second-order valence-electron chi connectivity index (χ2n) is 9.90. The topological polar surface area (TPSA) is 103 Å². The van der Waals surface area contributed by atoms with Gasteiger partial charge in [-0.05, 0) is 85.3 Å². The number of ketones is 1. The molecule has 38 heavy (non-hydrogen) atoms. The van der Waals surface area contributed by atoms with Crippen LogP contribution in [0.3, 0.4) is 0 Å². The molecule has 0 radical (unpaired) electrons. The number of hydrogen-bond donors (Lipinski definition) is 0. The average molecular weight is 534 g/mol. The van der Waals surface area contributed by atoms with E-state index in [1.165, 1.54) is 24.4 Å². The lowest BCUT2D eigenvalue weighted by Gasteiger charge is -2.19. The summed E-state index contributed by atoms with van der Waals surface area (Å²) in [6.45, 7) is 5.65. The van der Waals surface area contributed by atoms with Gasteiger partial charge in [0.2, 0.25) is 0 Å². The summed E-state index contributed by atoms with van der Waals surface area (Å²) in [5.41, 5.74) is 5.06. The molecule has 0 spiro atoms. The molecule has 1 fully saturated rings. The summed E-state index contributed by atoms with van der Waals surface area (Å²) < 4.78 is 42.8. The van der Waals surface area contributed by atoms with Gasteiger partial charge in [-0.1, -0.05) is 24.2 Å². The maximum atomic E-state index is 13.3. The SMILES string of the molecule is CCS(=O)(=O)c1ccc(CC(=O)Cc2cc(C)c(C3(c4noc(-c5ccc(F)cc5)n4)CC3)c(C)c2)nc1. The Morgan fingerprint density at radius 3 is 2.29 bits per heavy atom. The first-order valence-corrected chi connectivity index (χ1v) is 14.2. The Morgan fingerprint density at radius 2 is 1.71 bits per heavy atom. The lowest BCUT2D eigenvalue weighted by atomic mass is 9.85. The number of carbonyl (C=O) groups is 1. The Morgan fingerprint density at radius 1 is 1.03 bits per heavy atom. The molecule has 9 heteroatoms. The van der Waals surface area contributed by atoms with E-state index in [0.29, 0.717) is 23.0 Å². The summed E-state index contributed by atoms with van der Waals surface area (Å²) in [6.07, 6.45) is 3.49. The second kappa shape index (κ2) is 9.87. The lowest BCUT2D eigenvalue weighted by molar-refractivity contribution is -0.117. The minimum Gasteiger partial charge on any atom is -0.334 e. The van der Waals surface area contributed by atoms with Crippen molar-refractivity contribution in [3.8, 4) is 11.5 Å². The van der Waals surface area contributed by atoms with E-state index in [9.17, 15) is 17.6 Å². The van der Waals surface area contributed by atoms with Crippen molar-refractivity contribution in [2.45, 2.75) is 56.8 Å². The van der Waals surface area contributed by atoms with E-state index < -0.39 is 9.84 Å². The van der Waals surface area contributed by atoms with E-state index in [1.54, 1.807) is 25.1 Å². The van der Waals surface area contributed by atoms with Gasteiger partial charge in [0.15, 0.2) is 15.7 Å². The molecule has 0 saturated heterocycles. The third-order valence-corrected chi connectivity index (χ3v) is 8.80. The van der Waals surface area contributed by atoms with Crippen molar-refractivity contribution in [2.24, 2.45) is 0 Å². The van der Waals surface area contributed by atoms with Gasteiger partial charge in [0.1, 0.15) is 11.6 Å². The average Bonchev–Trinajstić information content (AvgIpc) is 3.51. The van der Waals surface area contributed by atoms with Gasteiger partial charge in [0.25, 0.3) is 5.89 Å². The number of Topliss-reactive ketones (excluding diaryl/α,β-unsaturated/α-hetero) is 1. The number of nitrogens with zero attached hydrogens (tertiary/aromatic N) is 3. The molecule has 0 bridgehead atoms. The fourth-order valence-corrected chi connectivity index (χ4v) is 5.93. The Bertz CT molecular complexity index is 1580. The van der Waals surface area contributed by atoms with Gasteiger partial charge in [-0.3, -0.25) is 9.78 Å². The van der Waals surface area contributed by atoms with Crippen molar-refractivity contribution in [3.05, 3.63) is 94.3 Å².